The first kappa shape index (κ1) is 21.2. The zero-order valence-corrected chi connectivity index (χ0v) is 18.5. The number of hydrogen-bond acceptors (Lipinski definition) is 6. The highest BCUT2D eigenvalue weighted by atomic mass is 32.2. The lowest BCUT2D eigenvalue weighted by atomic mass is 10.1. The van der Waals surface area contributed by atoms with Crippen molar-refractivity contribution in [3.8, 4) is 11.5 Å². The van der Waals surface area contributed by atoms with Crippen LogP contribution < -0.4 is 0 Å². The molecule has 9 heteroatoms. The van der Waals surface area contributed by atoms with Crippen molar-refractivity contribution in [2.45, 2.75) is 25.7 Å². The molecule has 31 heavy (non-hydrogen) atoms. The lowest BCUT2D eigenvalue weighted by Gasteiger charge is -2.34. The van der Waals surface area contributed by atoms with Crippen molar-refractivity contribution >= 4 is 15.9 Å². The molecule has 2 aromatic carbocycles. The molecule has 0 atom stereocenters. The van der Waals surface area contributed by atoms with Crippen LogP contribution in [0.15, 0.2) is 51.9 Å². The van der Waals surface area contributed by atoms with E-state index in [1.54, 1.807) is 55.1 Å². The van der Waals surface area contributed by atoms with Gasteiger partial charge in [-0.1, -0.05) is 22.9 Å². The van der Waals surface area contributed by atoms with Gasteiger partial charge in [-0.3, -0.25) is 4.79 Å². The fraction of sp³-hybridized carbons (Fsp3) is 0.318. The number of rotatable bonds is 4. The van der Waals surface area contributed by atoms with Crippen molar-refractivity contribution < 1.29 is 17.7 Å². The molecule has 162 valence electrons. The third-order valence-electron chi connectivity index (χ3n) is 5.38. The maximum absolute atomic E-state index is 13.0. The Morgan fingerprint density at radius 2 is 1.65 bits per heavy atom. The molecular formula is C22H24N4O4S. The van der Waals surface area contributed by atoms with E-state index in [2.05, 4.69) is 10.1 Å². The fourth-order valence-corrected chi connectivity index (χ4v) is 5.34. The molecule has 0 N–H and O–H groups in total. The van der Waals surface area contributed by atoms with Crippen LogP contribution in [0.4, 0.5) is 0 Å². The zero-order valence-electron chi connectivity index (χ0n) is 17.7. The number of benzene rings is 2. The van der Waals surface area contributed by atoms with Crippen LogP contribution in [0, 0.1) is 20.8 Å². The molecule has 3 aromatic rings. The molecule has 1 aliphatic heterocycles. The summed E-state index contributed by atoms with van der Waals surface area (Å²) in [6.07, 6.45) is 0. The number of sulfonamides is 1. The second-order valence-corrected chi connectivity index (χ2v) is 9.60. The molecule has 2 heterocycles. The first-order valence-electron chi connectivity index (χ1n) is 10.0. The topological polar surface area (TPSA) is 96.6 Å². The second-order valence-electron chi connectivity index (χ2n) is 7.69. The summed E-state index contributed by atoms with van der Waals surface area (Å²) in [5.74, 6) is 0.822. The Kier molecular flexibility index (Phi) is 5.63. The first-order valence-corrected chi connectivity index (χ1v) is 11.5. The molecule has 1 aromatic heterocycles. The van der Waals surface area contributed by atoms with Gasteiger partial charge in [0, 0.05) is 37.3 Å². The lowest BCUT2D eigenvalue weighted by molar-refractivity contribution is 0.0698. The van der Waals surface area contributed by atoms with E-state index < -0.39 is 10.0 Å². The summed E-state index contributed by atoms with van der Waals surface area (Å²) in [7, 11) is -3.59. The molecule has 1 saturated heterocycles. The molecule has 0 saturated carbocycles. The standard InChI is InChI=1S/C22H24N4O4S/c1-15-4-9-20(16(2)14-15)31(28,29)26-12-10-25(11-13-26)22(27)19-7-5-18(6-8-19)21-23-17(3)24-30-21/h4-9,14H,10-13H2,1-3H3. The van der Waals surface area contributed by atoms with E-state index in [9.17, 15) is 13.2 Å². The predicted octanol–water partition coefficient (Wildman–Crippen LogP) is 2.81. The number of carbonyl (C=O) groups is 1. The maximum atomic E-state index is 13.0. The third-order valence-corrected chi connectivity index (χ3v) is 7.44. The predicted molar refractivity (Wildman–Crippen MR) is 115 cm³/mol. The van der Waals surface area contributed by atoms with Gasteiger partial charge in [-0.15, -0.1) is 0 Å². The summed E-state index contributed by atoms with van der Waals surface area (Å²) in [5, 5.41) is 3.77. The summed E-state index contributed by atoms with van der Waals surface area (Å²) in [5.41, 5.74) is 3.02. The van der Waals surface area contributed by atoms with Crippen molar-refractivity contribution in [3.63, 3.8) is 0 Å². The van der Waals surface area contributed by atoms with E-state index >= 15 is 0 Å². The summed E-state index contributed by atoms with van der Waals surface area (Å²) in [6, 6.07) is 12.3. The Bertz CT molecular complexity index is 1210. The number of piperazine rings is 1. The number of hydrogen-bond donors (Lipinski definition) is 0. The second kappa shape index (κ2) is 8.24. The van der Waals surface area contributed by atoms with Gasteiger partial charge in [0.15, 0.2) is 5.82 Å². The highest BCUT2D eigenvalue weighted by molar-refractivity contribution is 7.89. The van der Waals surface area contributed by atoms with Crippen LogP contribution in [-0.2, 0) is 10.0 Å². The summed E-state index contributed by atoms with van der Waals surface area (Å²) in [4.78, 5) is 19.1. The van der Waals surface area contributed by atoms with Gasteiger partial charge in [-0.2, -0.15) is 9.29 Å². The summed E-state index contributed by atoms with van der Waals surface area (Å²) >= 11 is 0. The molecular weight excluding hydrogens is 416 g/mol. The Morgan fingerprint density at radius 1 is 0.968 bits per heavy atom. The zero-order chi connectivity index (χ0) is 22.2. The number of aryl methyl sites for hydroxylation is 3. The Hall–Kier alpha value is -3.04. The SMILES string of the molecule is Cc1ccc(S(=O)(=O)N2CCN(C(=O)c3ccc(-c4nc(C)no4)cc3)CC2)c(C)c1. The van der Waals surface area contributed by atoms with Crippen molar-refractivity contribution in [2.24, 2.45) is 0 Å². The van der Waals surface area contributed by atoms with Crippen LogP contribution in [0.1, 0.15) is 27.3 Å². The van der Waals surface area contributed by atoms with E-state index in [-0.39, 0.29) is 19.0 Å². The minimum Gasteiger partial charge on any atom is -0.336 e. The van der Waals surface area contributed by atoms with Gasteiger partial charge >= 0.3 is 0 Å². The molecule has 1 fully saturated rings. The number of amides is 1. The van der Waals surface area contributed by atoms with Crippen LogP contribution in [0.5, 0.6) is 0 Å². The number of nitrogens with zero attached hydrogens (tertiary/aromatic N) is 4. The van der Waals surface area contributed by atoms with Gasteiger partial charge in [0.1, 0.15) is 0 Å². The molecule has 4 rings (SSSR count). The third kappa shape index (κ3) is 4.24. The monoisotopic (exact) mass is 440 g/mol. The van der Waals surface area contributed by atoms with Gasteiger partial charge in [0.05, 0.1) is 4.90 Å². The fourth-order valence-electron chi connectivity index (χ4n) is 3.71. The van der Waals surface area contributed by atoms with E-state index in [0.717, 1.165) is 16.7 Å². The van der Waals surface area contributed by atoms with Crippen LogP contribution in [0.25, 0.3) is 11.5 Å². The summed E-state index contributed by atoms with van der Waals surface area (Å²) in [6.45, 7) is 6.69. The number of carbonyl (C=O) groups excluding carboxylic acids is 1. The largest absolute Gasteiger partial charge is 0.336 e. The van der Waals surface area contributed by atoms with Gasteiger partial charge in [0.2, 0.25) is 10.0 Å². The molecule has 1 amide bonds. The van der Waals surface area contributed by atoms with E-state index in [1.165, 1.54) is 4.31 Å². The normalized spacial score (nSPS) is 15.3. The van der Waals surface area contributed by atoms with Crippen molar-refractivity contribution in [1.29, 1.82) is 0 Å². The molecule has 0 spiro atoms. The first-order chi connectivity index (χ1) is 14.8. The minimum absolute atomic E-state index is 0.128. The Labute approximate surface area is 181 Å². The minimum atomic E-state index is -3.59. The highest BCUT2D eigenvalue weighted by Crippen LogP contribution is 2.23. The maximum Gasteiger partial charge on any atom is 0.257 e. The van der Waals surface area contributed by atoms with E-state index in [1.807, 2.05) is 13.0 Å². The molecule has 0 unspecified atom stereocenters. The van der Waals surface area contributed by atoms with Crippen molar-refractivity contribution in [1.82, 2.24) is 19.3 Å². The molecule has 0 bridgehead atoms. The van der Waals surface area contributed by atoms with Crippen LogP contribution in [0.2, 0.25) is 0 Å². The Balaban J connectivity index is 1.43. The van der Waals surface area contributed by atoms with Crippen LogP contribution in [-0.4, -0.2) is 59.8 Å². The quantitative estimate of drug-likeness (QED) is 0.619. The average Bonchev–Trinajstić information content (AvgIpc) is 3.19. The van der Waals surface area contributed by atoms with Crippen LogP contribution in [0.3, 0.4) is 0 Å². The van der Waals surface area contributed by atoms with E-state index in [4.69, 9.17) is 4.52 Å². The average molecular weight is 441 g/mol. The highest BCUT2D eigenvalue weighted by Gasteiger charge is 2.31. The van der Waals surface area contributed by atoms with Gasteiger partial charge in [-0.05, 0) is 56.7 Å². The van der Waals surface area contributed by atoms with Crippen molar-refractivity contribution in [3.05, 3.63) is 65.0 Å². The molecule has 0 aliphatic carbocycles. The summed E-state index contributed by atoms with van der Waals surface area (Å²) < 4.78 is 32.7. The Morgan fingerprint density at radius 3 is 2.23 bits per heavy atom. The van der Waals surface area contributed by atoms with Gasteiger partial charge in [0.25, 0.3) is 11.8 Å². The van der Waals surface area contributed by atoms with Crippen molar-refractivity contribution in [2.75, 3.05) is 26.2 Å². The smallest absolute Gasteiger partial charge is 0.257 e. The van der Waals surface area contributed by atoms with E-state index in [0.29, 0.717) is 35.3 Å². The number of aromatic nitrogens is 2. The van der Waals surface area contributed by atoms with Crippen LogP contribution >= 0.6 is 0 Å². The molecule has 8 nitrogen and oxygen atoms in total. The van der Waals surface area contributed by atoms with Gasteiger partial charge < -0.3 is 9.42 Å². The molecule has 1 aliphatic rings. The molecule has 0 radical (unpaired) electrons. The lowest BCUT2D eigenvalue weighted by Crippen LogP contribution is -2.50. The van der Waals surface area contributed by atoms with Gasteiger partial charge in [-0.25, -0.2) is 8.42 Å².